The van der Waals surface area contributed by atoms with Crippen molar-refractivity contribution >= 4 is 0 Å². The van der Waals surface area contributed by atoms with Gasteiger partial charge in [-0.15, -0.1) is 0 Å². The van der Waals surface area contributed by atoms with Gasteiger partial charge in [0.2, 0.25) is 0 Å². The molecule has 0 bridgehead atoms. The van der Waals surface area contributed by atoms with Gasteiger partial charge in [0.25, 0.3) is 0 Å². The van der Waals surface area contributed by atoms with Gasteiger partial charge >= 0.3 is 0 Å². The molecule has 0 fully saturated rings. The number of rotatable bonds is 1. The van der Waals surface area contributed by atoms with Crippen LogP contribution in [0.15, 0.2) is 18.2 Å². The molecule has 0 aromatic heterocycles. The molecule has 0 saturated carbocycles. The molecule has 1 aromatic carbocycles. The molecule has 2 unspecified atom stereocenters. The molecule has 2 atom stereocenters. The number of aliphatic hydroxyl groups excluding tert-OH is 1. The van der Waals surface area contributed by atoms with E-state index in [4.69, 9.17) is 0 Å². The van der Waals surface area contributed by atoms with Gasteiger partial charge < -0.3 is 10.4 Å². The summed E-state index contributed by atoms with van der Waals surface area (Å²) in [5.41, 5.74) is 3.65. The van der Waals surface area contributed by atoms with Crippen LogP contribution >= 0.6 is 0 Å². The van der Waals surface area contributed by atoms with Crippen molar-refractivity contribution in [3.8, 4) is 0 Å². The maximum Gasteiger partial charge on any atom is 0.0948 e. The Morgan fingerprint density at radius 3 is 2.93 bits per heavy atom. The number of aryl methyl sites for hydroxylation is 2. The van der Waals surface area contributed by atoms with Gasteiger partial charge in [0.1, 0.15) is 0 Å². The highest BCUT2D eigenvalue weighted by molar-refractivity contribution is 5.39. The fraction of sp³-hybridized carbons (Fsp3) is 0.500. The zero-order valence-corrected chi connectivity index (χ0v) is 8.75. The average molecular weight is 191 g/mol. The van der Waals surface area contributed by atoms with Crippen LogP contribution in [0.2, 0.25) is 0 Å². The topological polar surface area (TPSA) is 32.3 Å². The van der Waals surface area contributed by atoms with Crippen molar-refractivity contribution in [3.63, 3.8) is 0 Å². The Morgan fingerprint density at radius 1 is 1.43 bits per heavy atom. The molecule has 0 saturated heterocycles. The van der Waals surface area contributed by atoms with Gasteiger partial charge in [-0.05, 0) is 43.5 Å². The Kier molecular flexibility index (Phi) is 2.57. The lowest BCUT2D eigenvalue weighted by Crippen LogP contribution is -2.36. The molecule has 0 aliphatic heterocycles. The number of hydrogen-bond acceptors (Lipinski definition) is 2. The van der Waals surface area contributed by atoms with Crippen molar-refractivity contribution in [1.29, 1.82) is 0 Å². The van der Waals surface area contributed by atoms with E-state index in [1.165, 1.54) is 11.1 Å². The SMILES string of the molecule is CNC1CCc2cccc(C)c2C1O. The molecule has 0 radical (unpaired) electrons. The molecule has 2 rings (SSSR count). The Bertz CT molecular complexity index is 335. The van der Waals surface area contributed by atoms with Crippen LogP contribution in [0.1, 0.15) is 29.2 Å². The predicted molar refractivity (Wildman–Crippen MR) is 57.3 cm³/mol. The molecule has 76 valence electrons. The summed E-state index contributed by atoms with van der Waals surface area (Å²) < 4.78 is 0. The van der Waals surface area contributed by atoms with Gasteiger partial charge in [-0.3, -0.25) is 0 Å². The van der Waals surface area contributed by atoms with Crippen LogP contribution in [0, 0.1) is 6.92 Å². The van der Waals surface area contributed by atoms with E-state index in [0.29, 0.717) is 0 Å². The van der Waals surface area contributed by atoms with Gasteiger partial charge in [0, 0.05) is 6.04 Å². The summed E-state index contributed by atoms with van der Waals surface area (Å²) in [5.74, 6) is 0. The van der Waals surface area contributed by atoms with Gasteiger partial charge in [0.05, 0.1) is 6.10 Å². The first-order chi connectivity index (χ1) is 6.74. The second kappa shape index (κ2) is 3.71. The molecule has 0 amide bonds. The van der Waals surface area contributed by atoms with Crippen LogP contribution < -0.4 is 5.32 Å². The molecule has 0 spiro atoms. The Morgan fingerprint density at radius 2 is 2.21 bits per heavy atom. The van der Waals surface area contributed by atoms with E-state index in [0.717, 1.165) is 18.4 Å². The number of likely N-dealkylation sites (N-methyl/N-ethyl adjacent to an activating group) is 1. The van der Waals surface area contributed by atoms with Gasteiger partial charge in [-0.1, -0.05) is 18.2 Å². The average Bonchev–Trinajstić information content (AvgIpc) is 2.18. The summed E-state index contributed by atoms with van der Waals surface area (Å²) in [6, 6.07) is 6.47. The molecule has 2 N–H and O–H groups in total. The standard InChI is InChI=1S/C12H17NO/c1-8-4-3-5-9-6-7-10(13-2)12(14)11(8)9/h3-5,10,12-14H,6-7H2,1-2H3. The van der Waals surface area contributed by atoms with Crippen molar-refractivity contribution in [1.82, 2.24) is 5.32 Å². The monoisotopic (exact) mass is 191 g/mol. The third-order valence-electron chi connectivity index (χ3n) is 3.19. The molecule has 1 aromatic rings. The van der Waals surface area contributed by atoms with E-state index >= 15 is 0 Å². The van der Waals surface area contributed by atoms with E-state index < -0.39 is 0 Å². The summed E-state index contributed by atoms with van der Waals surface area (Å²) >= 11 is 0. The van der Waals surface area contributed by atoms with Gasteiger partial charge in [-0.2, -0.15) is 0 Å². The van der Waals surface area contributed by atoms with E-state index in [1.807, 2.05) is 7.05 Å². The van der Waals surface area contributed by atoms with E-state index in [9.17, 15) is 5.11 Å². The fourth-order valence-electron chi connectivity index (χ4n) is 2.35. The van der Waals surface area contributed by atoms with Crippen LogP contribution in [0.3, 0.4) is 0 Å². The normalized spacial score (nSPS) is 25.9. The molecule has 0 heterocycles. The van der Waals surface area contributed by atoms with Crippen LogP contribution in [0.25, 0.3) is 0 Å². The second-order valence-corrected chi connectivity index (χ2v) is 4.03. The highest BCUT2D eigenvalue weighted by Crippen LogP contribution is 2.31. The minimum Gasteiger partial charge on any atom is -0.387 e. The Balaban J connectivity index is 2.43. The number of fused-ring (bicyclic) bond motifs is 1. The maximum atomic E-state index is 10.1. The summed E-state index contributed by atoms with van der Waals surface area (Å²) in [6.07, 6.45) is 1.75. The molecular weight excluding hydrogens is 174 g/mol. The minimum atomic E-state index is -0.343. The number of nitrogens with one attached hydrogen (secondary N) is 1. The maximum absolute atomic E-state index is 10.1. The van der Waals surface area contributed by atoms with E-state index in [1.54, 1.807) is 0 Å². The van der Waals surface area contributed by atoms with Gasteiger partial charge in [0.15, 0.2) is 0 Å². The predicted octanol–water partition coefficient (Wildman–Crippen LogP) is 1.56. The number of aliphatic hydroxyl groups is 1. The lowest BCUT2D eigenvalue weighted by Gasteiger charge is -2.31. The molecule has 14 heavy (non-hydrogen) atoms. The number of hydrogen-bond donors (Lipinski definition) is 2. The van der Waals surface area contributed by atoms with E-state index in [2.05, 4.69) is 30.4 Å². The summed E-state index contributed by atoms with van der Waals surface area (Å²) in [7, 11) is 1.91. The number of benzene rings is 1. The molecular formula is C12H17NO. The first kappa shape index (κ1) is 9.69. The zero-order chi connectivity index (χ0) is 10.1. The smallest absolute Gasteiger partial charge is 0.0948 e. The molecule has 1 aliphatic rings. The van der Waals surface area contributed by atoms with Crippen LogP contribution in [0.4, 0.5) is 0 Å². The Hall–Kier alpha value is -0.860. The molecule has 2 heteroatoms. The third-order valence-corrected chi connectivity index (χ3v) is 3.19. The summed E-state index contributed by atoms with van der Waals surface area (Å²) in [6.45, 7) is 2.07. The Labute approximate surface area is 85.0 Å². The quantitative estimate of drug-likeness (QED) is 0.706. The largest absolute Gasteiger partial charge is 0.387 e. The first-order valence-electron chi connectivity index (χ1n) is 5.17. The van der Waals surface area contributed by atoms with Crippen LogP contribution in [-0.2, 0) is 6.42 Å². The minimum absolute atomic E-state index is 0.212. The lowest BCUT2D eigenvalue weighted by molar-refractivity contribution is 0.118. The molecule has 1 aliphatic carbocycles. The summed E-state index contributed by atoms with van der Waals surface area (Å²) in [5, 5.41) is 13.3. The highest BCUT2D eigenvalue weighted by atomic mass is 16.3. The first-order valence-corrected chi connectivity index (χ1v) is 5.17. The van der Waals surface area contributed by atoms with E-state index in [-0.39, 0.29) is 12.1 Å². The second-order valence-electron chi connectivity index (χ2n) is 4.03. The van der Waals surface area contributed by atoms with Crippen LogP contribution in [0.5, 0.6) is 0 Å². The van der Waals surface area contributed by atoms with Crippen LogP contribution in [-0.4, -0.2) is 18.2 Å². The van der Waals surface area contributed by atoms with Gasteiger partial charge in [-0.25, -0.2) is 0 Å². The van der Waals surface area contributed by atoms with Crippen molar-refractivity contribution in [2.75, 3.05) is 7.05 Å². The third kappa shape index (κ3) is 1.45. The van der Waals surface area contributed by atoms with Crippen molar-refractivity contribution in [2.24, 2.45) is 0 Å². The van der Waals surface area contributed by atoms with Crippen molar-refractivity contribution < 1.29 is 5.11 Å². The van der Waals surface area contributed by atoms with Crippen molar-refractivity contribution in [2.45, 2.75) is 31.9 Å². The zero-order valence-electron chi connectivity index (χ0n) is 8.75. The van der Waals surface area contributed by atoms with Crippen molar-refractivity contribution in [3.05, 3.63) is 34.9 Å². The molecule has 2 nitrogen and oxygen atoms in total. The summed E-state index contributed by atoms with van der Waals surface area (Å²) in [4.78, 5) is 0. The fourth-order valence-corrected chi connectivity index (χ4v) is 2.35. The highest BCUT2D eigenvalue weighted by Gasteiger charge is 2.27. The lowest BCUT2D eigenvalue weighted by atomic mass is 9.83.